The molecule has 2 rings (SSSR count). The Hall–Kier alpha value is -1.75. The molecule has 0 spiro atoms. The maximum atomic E-state index is 12.4. The number of hydrogen-bond acceptors (Lipinski definition) is 8. The molecule has 1 N–H and O–H groups in total. The molecule has 0 aliphatic rings. The van der Waals surface area contributed by atoms with Gasteiger partial charge in [0.05, 0.1) is 17.7 Å². The predicted molar refractivity (Wildman–Crippen MR) is 82.4 cm³/mol. The number of amides is 1. The van der Waals surface area contributed by atoms with Crippen LogP contribution in [0.25, 0.3) is 0 Å². The van der Waals surface area contributed by atoms with Crippen LogP contribution >= 0.6 is 34.5 Å². The number of hydrogen-bond donors (Lipinski definition) is 1. The molecule has 0 saturated heterocycles. The zero-order valence-corrected chi connectivity index (χ0v) is 14.4. The summed E-state index contributed by atoms with van der Waals surface area (Å²) >= 11 is 12.1. The van der Waals surface area contributed by atoms with E-state index in [9.17, 15) is 18.0 Å². The van der Waals surface area contributed by atoms with E-state index in [0.29, 0.717) is 11.3 Å². The molecular formula is C11H7Cl2N3O5S2. The first kappa shape index (κ1) is 17.6. The van der Waals surface area contributed by atoms with Crippen LogP contribution in [0.1, 0.15) is 20.2 Å². The quantitative estimate of drug-likeness (QED) is 0.783. The van der Waals surface area contributed by atoms with Crippen molar-refractivity contribution in [1.82, 2.24) is 14.9 Å². The summed E-state index contributed by atoms with van der Waals surface area (Å²) in [5.74, 6) is -1.97. The zero-order chi connectivity index (χ0) is 17.2. The number of halogens is 2. The van der Waals surface area contributed by atoms with E-state index in [0.717, 1.165) is 7.11 Å². The number of nitrogens with one attached hydrogen (secondary N) is 1. The molecule has 0 fully saturated rings. The summed E-state index contributed by atoms with van der Waals surface area (Å²) < 4.78 is 31.0. The Morgan fingerprint density at radius 3 is 2.52 bits per heavy atom. The Labute approximate surface area is 144 Å². The van der Waals surface area contributed by atoms with Crippen LogP contribution in [0, 0.1) is 0 Å². The summed E-state index contributed by atoms with van der Waals surface area (Å²) in [6.45, 7) is 0. The molecule has 1 amide bonds. The van der Waals surface area contributed by atoms with Crippen LogP contribution in [-0.4, -0.2) is 37.6 Å². The number of carbonyl (C=O) groups is 2. The molecule has 0 bridgehead atoms. The molecule has 23 heavy (non-hydrogen) atoms. The number of rotatable bonds is 4. The van der Waals surface area contributed by atoms with Gasteiger partial charge in [0.2, 0.25) is 9.47 Å². The second-order valence-electron chi connectivity index (χ2n) is 3.90. The minimum atomic E-state index is -4.45. The smallest absolute Gasteiger partial charge is 0.339 e. The Morgan fingerprint density at radius 2 is 1.96 bits per heavy atom. The third kappa shape index (κ3) is 3.78. The molecule has 2 aromatic rings. The molecule has 0 aliphatic carbocycles. The van der Waals surface area contributed by atoms with Crippen LogP contribution < -0.4 is 4.72 Å². The monoisotopic (exact) mass is 395 g/mol. The first-order valence-electron chi connectivity index (χ1n) is 5.69. The van der Waals surface area contributed by atoms with Gasteiger partial charge in [0, 0.05) is 0 Å². The number of methoxy groups -OCH3 is 1. The highest BCUT2D eigenvalue weighted by molar-refractivity contribution is 7.90. The van der Waals surface area contributed by atoms with Gasteiger partial charge in [-0.1, -0.05) is 29.0 Å². The maximum Gasteiger partial charge on any atom is 0.339 e. The van der Waals surface area contributed by atoms with E-state index in [2.05, 4.69) is 14.9 Å². The van der Waals surface area contributed by atoms with Gasteiger partial charge >= 0.3 is 5.97 Å². The summed E-state index contributed by atoms with van der Waals surface area (Å²) in [6.07, 6.45) is 0. The van der Waals surface area contributed by atoms with Gasteiger partial charge in [-0.25, -0.2) is 17.9 Å². The summed E-state index contributed by atoms with van der Waals surface area (Å²) in [6, 6.07) is 3.84. The van der Waals surface area contributed by atoms with Crippen molar-refractivity contribution in [2.75, 3.05) is 7.11 Å². The topological polar surface area (TPSA) is 115 Å². The van der Waals surface area contributed by atoms with Gasteiger partial charge in [-0.3, -0.25) is 4.79 Å². The lowest BCUT2D eigenvalue weighted by Gasteiger charge is -2.11. The summed E-state index contributed by atoms with van der Waals surface area (Å²) in [5.41, 5.74) is -0.310. The lowest BCUT2D eigenvalue weighted by Crippen LogP contribution is -2.32. The van der Waals surface area contributed by atoms with Gasteiger partial charge in [-0.05, 0) is 23.7 Å². The summed E-state index contributed by atoms with van der Waals surface area (Å²) in [7, 11) is -3.37. The number of carbonyl (C=O) groups excluding carboxylic acids is 2. The minimum absolute atomic E-state index is 0.0273. The van der Waals surface area contributed by atoms with Crippen LogP contribution in [0.15, 0.2) is 23.1 Å². The van der Waals surface area contributed by atoms with Crippen LogP contribution in [0.2, 0.25) is 9.49 Å². The number of aromatic nitrogens is 2. The van der Waals surface area contributed by atoms with Gasteiger partial charge < -0.3 is 4.74 Å². The highest BCUT2D eigenvalue weighted by atomic mass is 35.5. The van der Waals surface area contributed by atoms with Crippen LogP contribution in [0.3, 0.4) is 0 Å². The van der Waals surface area contributed by atoms with E-state index < -0.39 is 26.8 Å². The molecule has 0 aliphatic heterocycles. The zero-order valence-electron chi connectivity index (χ0n) is 11.2. The molecule has 12 heteroatoms. The van der Waals surface area contributed by atoms with Gasteiger partial charge in [0.15, 0.2) is 0 Å². The minimum Gasteiger partial charge on any atom is -0.465 e. The Morgan fingerprint density at radius 1 is 1.26 bits per heavy atom. The van der Waals surface area contributed by atoms with Gasteiger partial charge in [-0.2, -0.15) is 0 Å². The Kier molecular flexibility index (Phi) is 5.19. The van der Waals surface area contributed by atoms with Crippen molar-refractivity contribution in [1.29, 1.82) is 0 Å². The standard InChI is InChI=1S/C11H7Cl2N3O5S2/c1-21-10(18)5-3-2-4-6(12)7(5)23(19,20)16-8(17)9-14-15-11(13)22-9/h2-4H,1H3,(H,16,17). The molecule has 0 atom stereocenters. The van der Waals surface area contributed by atoms with Crippen molar-refractivity contribution in [3.05, 3.63) is 38.3 Å². The van der Waals surface area contributed by atoms with E-state index in [1.54, 1.807) is 4.72 Å². The van der Waals surface area contributed by atoms with Crippen molar-refractivity contribution < 1.29 is 22.7 Å². The third-order valence-corrected chi connectivity index (χ3v) is 5.34. The first-order valence-corrected chi connectivity index (χ1v) is 8.75. The fourth-order valence-electron chi connectivity index (χ4n) is 1.57. The number of sulfonamides is 1. The van der Waals surface area contributed by atoms with Crippen LogP contribution in [0.5, 0.6) is 0 Å². The van der Waals surface area contributed by atoms with Crippen molar-refractivity contribution in [3.63, 3.8) is 0 Å². The third-order valence-electron chi connectivity index (χ3n) is 2.46. The van der Waals surface area contributed by atoms with Crippen LogP contribution in [-0.2, 0) is 14.8 Å². The Bertz CT molecular complexity index is 882. The maximum absolute atomic E-state index is 12.4. The second kappa shape index (κ2) is 6.79. The fraction of sp³-hybridized carbons (Fsp3) is 0.0909. The summed E-state index contributed by atoms with van der Waals surface area (Å²) in [4.78, 5) is 23.0. The molecule has 8 nitrogen and oxygen atoms in total. The van der Waals surface area contributed by atoms with E-state index in [4.69, 9.17) is 23.2 Å². The number of ether oxygens (including phenoxy) is 1. The van der Waals surface area contributed by atoms with Crippen molar-refractivity contribution in [2.24, 2.45) is 0 Å². The predicted octanol–water partition coefficient (Wildman–Crippen LogP) is 1.75. The molecule has 122 valence electrons. The molecule has 1 heterocycles. The van der Waals surface area contributed by atoms with Crippen molar-refractivity contribution >= 4 is 56.4 Å². The van der Waals surface area contributed by atoms with Gasteiger partial charge in [0.1, 0.15) is 4.90 Å². The highest BCUT2D eigenvalue weighted by Crippen LogP contribution is 2.26. The summed E-state index contributed by atoms with van der Waals surface area (Å²) in [5, 5.41) is 6.31. The number of benzene rings is 1. The van der Waals surface area contributed by atoms with Crippen molar-refractivity contribution in [2.45, 2.75) is 4.90 Å². The van der Waals surface area contributed by atoms with Gasteiger partial charge in [0.25, 0.3) is 15.9 Å². The molecule has 1 aromatic heterocycles. The molecular weight excluding hydrogens is 389 g/mol. The fourth-order valence-corrected chi connectivity index (χ4v) is 4.04. The van der Waals surface area contributed by atoms with Crippen LogP contribution in [0.4, 0.5) is 0 Å². The van der Waals surface area contributed by atoms with E-state index in [1.807, 2.05) is 0 Å². The van der Waals surface area contributed by atoms with E-state index in [-0.39, 0.29) is 20.1 Å². The SMILES string of the molecule is COC(=O)c1cccc(Cl)c1S(=O)(=O)NC(=O)c1nnc(Cl)s1. The lowest BCUT2D eigenvalue weighted by molar-refractivity contribution is 0.0596. The van der Waals surface area contributed by atoms with E-state index in [1.165, 1.54) is 18.2 Å². The average Bonchev–Trinajstić information content (AvgIpc) is 2.92. The Balaban J connectivity index is 2.44. The molecule has 1 aromatic carbocycles. The second-order valence-corrected chi connectivity index (χ2v) is 7.49. The highest BCUT2D eigenvalue weighted by Gasteiger charge is 2.29. The van der Waals surface area contributed by atoms with Gasteiger partial charge in [-0.15, -0.1) is 10.2 Å². The first-order chi connectivity index (χ1) is 10.8. The van der Waals surface area contributed by atoms with E-state index >= 15 is 0 Å². The number of esters is 1. The molecule has 0 unspecified atom stereocenters. The number of nitrogens with zero attached hydrogens (tertiary/aromatic N) is 2. The molecule has 0 saturated carbocycles. The molecule has 0 radical (unpaired) electrons. The lowest BCUT2D eigenvalue weighted by atomic mass is 10.2. The largest absolute Gasteiger partial charge is 0.465 e. The normalized spacial score (nSPS) is 11.1. The average molecular weight is 396 g/mol. The van der Waals surface area contributed by atoms with Crippen molar-refractivity contribution in [3.8, 4) is 0 Å².